The molecule has 2 aromatic carbocycles. The van der Waals surface area contributed by atoms with Gasteiger partial charge in [-0.25, -0.2) is 13.4 Å². The Morgan fingerprint density at radius 2 is 1.84 bits per heavy atom. The van der Waals surface area contributed by atoms with Crippen LogP contribution < -0.4 is 5.32 Å². The molecule has 0 spiro atoms. The lowest BCUT2D eigenvalue weighted by Crippen LogP contribution is -2.28. The molecule has 4 rings (SSSR count). The Morgan fingerprint density at radius 1 is 1.13 bits per heavy atom. The van der Waals surface area contributed by atoms with E-state index < -0.39 is 15.9 Å². The Morgan fingerprint density at radius 3 is 2.52 bits per heavy atom. The molecular formula is C21H21ClN4O3S2. The quantitative estimate of drug-likeness (QED) is 0.536. The van der Waals surface area contributed by atoms with Crippen LogP contribution in [0, 0.1) is 0 Å². The van der Waals surface area contributed by atoms with Crippen LogP contribution in [0.3, 0.4) is 0 Å². The summed E-state index contributed by atoms with van der Waals surface area (Å²) in [6.07, 6.45) is 5.05. The molecule has 1 amide bonds. The summed E-state index contributed by atoms with van der Waals surface area (Å²) in [5.74, 6) is -0.400. The molecule has 1 fully saturated rings. The second-order valence-electron chi connectivity index (χ2n) is 7.01. The smallest absolute Gasteiger partial charge is 0.274 e. The van der Waals surface area contributed by atoms with Crippen LogP contribution in [-0.2, 0) is 10.0 Å². The third-order valence-corrected chi connectivity index (χ3v) is 8.06. The monoisotopic (exact) mass is 476 g/mol. The van der Waals surface area contributed by atoms with E-state index in [-0.39, 0.29) is 9.92 Å². The maximum atomic E-state index is 13.1. The zero-order chi connectivity index (χ0) is 22.0. The minimum atomic E-state index is -3.71. The predicted octanol–water partition coefficient (Wildman–Crippen LogP) is 4.28. The summed E-state index contributed by atoms with van der Waals surface area (Å²) in [6, 6.07) is 13.9. The van der Waals surface area contributed by atoms with Crippen molar-refractivity contribution < 1.29 is 13.2 Å². The van der Waals surface area contributed by atoms with Crippen molar-refractivity contribution in [2.75, 3.05) is 24.7 Å². The number of halogens is 1. The number of thioether (sulfide) groups is 1. The molecule has 0 aliphatic carbocycles. The van der Waals surface area contributed by atoms with Crippen LogP contribution in [0.5, 0.6) is 0 Å². The van der Waals surface area contributed by atoms with Crippen molar-refractivity contribution in [3.8, 4) is 5.69 Å². The highest BCUT2D eigenvalue weighted by Gasteiger charge is 2.29. The van der Waals surface area contributed by atoms with Gasteiger partial charge >= 0.3 is 0 Å². The topological polar surface area (TPSA) is 84.3 Å². The number of nitrogens with one attached hydrogen (secondary N) is 1. The molecule has 0 radical (unpaired) electrons. The third-order valence-electron chi connectivity index (χ3n) is 5.03. The van der Waals surface area contributed by atoms with Gasteiger partial charge in [0.1, 0.15) is 10.6 Å². The van der Waals surface area contributed by atoms with E-state index in [1.807, 2.05) is 36.6 Å². The number of benzene rings is 2. The normalized spacial score (nSPS) is 14.6. The molecule has 1 saturated heterocycles. The Bertz CT molecular complexity index is 1210. The van der Waals surface area contributed by atoms with Crippen LogP contribution in [0.1, 0.15) is 23.3 Å². The Hall–Kier alpha value is -2.33. The number of hydrogen-bond acceptors (Lipinski definition) is 5. The lowest BCUT2D eigenvalue weighted by Gasteiger charge is -2.17. The number of hydrogen-bond donors (Lipinski definition) is 1. The van der Waals surface area contributed by atoms with Gasteiger partial charge in [0, 0.05) is 24.5 Å². The van der Waals surface area contributed by atoms with Gasteiger partial charge in [-0.15, -0.1) is 0 Å². The van der Waals surface area contributed by atoms with E-state index >= 15 is 0 Å². The average Bonchev–Trinajstić information content (AvgIpc) is 3.46. The second-order valence-corrected chi connectivity index (χ2v) is 10.1. The first-order chi connectivity index (χ1) is 14.9. The standard InChI is InChI=1S/C21H21ClN4O3S2/c1-30-21-23-14-18(26(21)16-7-3-2-4-8-16)20(27)24-15-9-10-17(22)19(13-15)31(28,29)25-11-5-6-12-25/h2-4,7-10,13-14H,5-6,11-12H2,1H3,(H,24,27). The van der Waals surface area contributed by atoms with E-state index in [0.717, 1.165) is 18.5 Å². The van der Waals surface area contributed by atoms with Crippen LogP contribution >= 0.6 is 23.4 Å². The van der Waals surface area contributed by atoms with E-state index in [2.05, 4.69) is 10.3 Å². The van der Waals surface area contributed by atoms with Crippen LogP contribution in [-0.4, -0.2) is 47.5 Å². The third kappa shape index (κ3) is 4.36. The maximum absolute atomic E-state index is 13.1. The van der Waals surface area contributed by atoms with Gasteiger partial charge in [-0.05, 0) is 49.4 Å². The van der Waals surface area contributed by atoms with Gasteiger partial charge in [0.25, 0.3) is 5.91 Å². The highest BCUT2D eigenvalue weighted by atomic mass is 35.5. The molecule has 0 unspecified atom stereocenters. The van der Waals surface area contributed by atoms with Crippen LogP contribution in [0.25, 0.3) is 5.69 Å². The number of nitrogens with zero attached hydrogens (tertiary/aromatic N) is 3. The van der Waals surface area contributed by atoms with Crippen molar-refractivity contribution >= 4 is 45.0 Å². The van der Waals surface area contributed by atoms with Crippen LogP contribution in [0.4, 0.5) is 5.69 Å². The van der Waals surface area contributed by atoms with E-state index in [4.69, 9.17) is 11.6 Å². The largest absolute Gasteiger partial charge is 0.321 e. The second kappa shape index (κ2) is 9.04. The molecule has 1 aliphatic rings. The van der Waals surface area contributed by atoms with Crippen LogP contribution in [0.2, 0.25) is 5.02 Å². The molecule has 2 heterocycles. The predicted molar refractivity (Wildman–Crippen MR) is 123 cm³/mol. The van der Waals surface area contributed by atoms with Crippen molar-refractivity contribution in [3.63, 3.8) is 0 Å². The minimum absolute atomic E-state index is 0.00441. The van der Waals surface area contributed by atoms with Crippen LogP contribution in [0.15, 0.2) is 64.8 Å². The van der Waals surface area contributed by atoms with Crippen molar-refractivity contribution in [2.45, 2.75) is 22.9 Å². The fourth-order valence-electron chi connectivity index (χ4n) is 3.51. The lowest BCUT2D eigenvalue weighted by molar-refractivity contribution is 0.102. The molecule has 31 heavy (non-hydrogen) atoms. The van der Waals surface area contributed by atoms with E-state index in [9.17, 15) is 13.2 Å². The molecule has 7 nitrogen and oxygen atoms in total. The molecule has 10 heteroatoms. The SMILES string of the molecule is CSc1ncc(C(=O)Nc2ccc(Cl)c(S(=O)(=O)N3CCCC3)c2)n1-c1ccccc1. The van der Waals surface area contributed by atoms with E-state index in [1.54, 1.807) is 10.6 Å². The molecule has 0 bridgehead atoms. The number of amides is 1. The summed E-state index contributed by atoms with van der Waals surface area (Å²) in [5.41, 5.74) is 1.50. The van der Waals surface area contributed by atoms with Crippen molar-refractivity contribution in [3.05, 3.63) is 65.4 Å². The zero-order valence-corrected chi connectivity index (χ0v) is 19.2. The molecule has 162 valence electrons. The van der Waals surface area contributed by atoms with Gasteiger partial charge in [0.2, 0.25) is 10.0 Å². The highest BCUT2D eigenvalue weighted by Crippen LogP contribution is 2.30. The fraction of sp³-hybridized carbons (Fsp3) is 0.238. The van der Waals surface area contributed by atoms with Gasteiger partial charge in [-0.2, -0.15) is 4.31 Å². The molecule has 3 aromatic rings. The van der Waals surface area contributed by atoms with Crippen molar-refractivity contribution in [1.29, 1.82) is 0 Å². The Balaban J connectivity index is 1.66. The van der Waals surface area contributed by atoms with Gasteiger partial charge in [0.05, 0.1) is 11.2 Å². The number of para-hydroxylation sites is 1. The lowest BCUT2D eigenvalue weighted by atomic mass is 10.3. The molecule has 0 atom stereocenters. The van der Waals surface area contributed by atoms with Gasteiger partial charge in [-0.3, -0.25) is 9.36 Å². The molecule has 1 aliphatic heterocycles. The number of anilines is 1. The average molecular weight is 477 g/mol. The molecule has 1 aromatic heterocycles. The van der Waals surface area contributed by atoms with Gasteiger partial charge in [0.15, 0.2) is 5.16 Å². The minimum Gasteiger partial charge on any atom is -0.321 e. The van der Waals surface area contributed by atoms with E-state index in [1.165, 1.54) is 34.4 Å². The summed E-state index contributed by atoms with van der Waals surface area (Å²) in [6.45, 7) is 0.950. The number of carbonyl (C=O) groups is 1. The molecular weight excluding hydrogens is 456 g/mol. The van der Waals surface area contributed by atoms with Crippen molar-refractivity contribution in [1.82, 2.24) is 13.9 Å². The first kappa shape index (κ1) is 21.9. The fourth-order valence-corrected chi connectivity index (χ4v) is 6.07. The van der Waals surface area contributed by atoms with Gasteiger partial charge < -0.3 is 5.32 Å². The summed E-state index contributed by atoms with van der Waals surface area (Å²) in [7, 11) is -3.71. The first-order valence-corrected chi connectivity index (χ1v) is 12.7. The van der Waals surface area contributed by atoms with E-state index in [0.29, 0.717) is 29.6 Å². The highest BCUT2D eigenvalue weighted by molar-refractivity contribution is 7.98. The summed E-state index contributed by atoms with van der Waals surface area (Å²) >= 11 is 7.63. The summed E-state index contributed by atoms with van der Waals surface area (Å²) in [5, 5.41) is 3.59. The number of sulfonamides is 1. The molecule has 0 saturated carbocycles. The number of carbonyl (C=O) groups excluding carboxylic acids is 1. The Labute approximate surface area is 190 Å². The van der Waals surface area contributed by atoms with Crippen molar-refractivity contribution in [2.24, 2.45) is 0 Å². The summed E-state index contributed by atoms with van der Waals surface area (Å²) in [4.78, 5) is 17.4. The molecule has 1 N–H and O–H groups in total. The maximum Gasteiger partial charge on any atom is 0.274 e. The zero-order valence-electron chi connectivity index (χ0n) is 16.8. The number of aromatic nitrogens is 2. The number of imidazole rings is 1. The Kier molecular flexibility index (Phi) is 6.38. The van der Waals surface area contributed by atoms with Gasteiger partial charge in [-0.1, -0.05) is 41.6 Å². The first-order valence-electron chi connectivity index (χ1n) is 9.70. The summed E-state index contributed by atoms with van der Waals surface area (Å²) < 4.78 is 29.1. The number of rotatable bonds is 6.